The van der Waals surface area contributed by atoms with Crippen molar-refractivity contribution in [1.29, 1.82) is 0 Å². The van der Waals surface area contributed by atoms with Crippen LogP contribution in [0.5, 0.6) is 0 Å². The molecule has 4 heterocycles. The van der Waals surface area contributed by atoms with Gasteiger partial charge in [-0.2, -0.15) is 0 Å². The van der Waals surface area contributed by atoms with Gasteiger partial charge in [-0.05, 0) is 12.5 Å². The highest BCUT2D eigenvalue weighted by Crippen LogP contribution is 2.27. The van der Waals surface area contributed by atoms with Crippen molar-refractivity contribution in [1.82, 2.24) is 24.5 Å². The van der Waals surface area contributed by atoms with Crippen molar-refractivity contribution in [3.05, 3.63) is 36.3 Å². The summed E-state index contributed by atoms with van der Waals surface area (Å²) in [4.78, 5) is 18.3. The van der Waals surface area contributed by atoms with Gasteiger partial charge in [0.15, 0.2) is 0 Å². The number of nitrogens with zero attached hydrogens (tertiary/aromatic N) is 5. The predicted molar refractivity (Wildman–Crippen MR) is 86.3 cm³/mol. The van der Waals surface area contributed by atoms with Crippen molar-refractivity contribution >= 4 is 16.9 Å². The summed E-state index contributed by atoms with van der Waals surface area (Å²) in [5.41, 5.74) is 1.28. The number of halogens is 2. The van der Waals surface area contributed by atoms with Crippen LogP contribution < -0.4 is 4.90 Å². The van der Waals surface area contributed by atoms with E-state index in [2.05, 4.69) is 24.8 Å². The lowest BCUT2D eigenvalue weighted by atomic mass is 10.0. The number of likely N-dealkylation sites (N-methyl/N-ethyl adjacent to an activating group) is 1. The normalized spacial score (nSPS) is 17.4. The van der Waals surface area contributed by atoms with E-state index < -0.39 is 6.43 Å². The molecule has 126 valence electrons. The molecule has 0 aliphatic carbocycles. The highest BCUT2D eigenvalue weighted by molar-refractivity contribution is 5.87. The minimum Gasteiger partial charge on any atom is -0.356 e. The number of H-pyrrole nitrogens is 1. The van der Waals surface area contributed by atoms with Crippen molar-refractivity contribution in [3.63, 3.8) is 0 Å². The number of aryl methyl sites for hydroxylation is 1. The lowest BCUT2D eigenvalue weighted by molar-refractivity contribution is 0.148. The quantitative estimate of drug-likeness (QED) is 0.797. The number of hydrogen-bond acceptors (Lipinski definition) is 4. The number of anilines is 1. The molecule has 0 fully saturated rings. The van der Waals surface area contributed by atoms with Crippen LogP contribution in [0.25, 0.3) is 11.0 Å². The number of imidazole rings is 1. The summed E-state index contributed by atoms with van der Waals surface area (Å²) in [7, 11) is 2.01. The van der Waals surface area contributed by atoms with E-state index in [-0.39, 0.29) is 12.5 Å². The van der Waals surface area contributed by atoms with E-state index in [0.29, 0.717) is 5.69 Å². The zero-order valence-corrected chi connectivity index (χ0v) is 13.3. The number of nitrogens with one attached hydrogen (secondary N) is 1. The van der Waals surface area contributed by atoms with E-state index in [1.807, 2.05) is 23.9 Å². The Labute approximate surface area is 137 Å². The smallest absolute Gasteiger partial charge is 0.244 e. The van der Waals surface area contributed by atoms with Gasteiger partial charge in [0, 0.05) is 38.4 Å². The summed E-state index contributed by atoms with van der Waals surface area (Å²) in [5.74, 6) is 1.74. The lowest BCUT2D eigenvalue weighted by Gasteiger charge is -2.32. The van der Waals surface area contributed by atoms with Gasteiger partial charge < -0.3 is 14.5 Å². The van der Waals surface area contributed by atoms with Crippen molar-refractivity contribution in [2.45, 2.75) is 38.3 Å². The molecule has 1 atom stereocenters. The molecule has 1 aliphatic heterocycles. The first-order valence-corrected chi connectivity index (χ1v) is 7.96. The maximum absolute atomic E-state index is 12.6. The third-order valence-electron chi connectivity index (χ3n) is 4.61. The molecule has 3 aromatic heterocycles. The number of alkyl halides is 2. The molecule has 4 rings (SSSR count). The van der Waals surface area contributed by atoms with E-state index in [9.17, 15) is 8.78 Å². The Bertz CT molecular complexity index is 855. The molecular weight excluding hydrogens is 314 g/mol. The van der Waals surface area contributed by atoms with Gasteiger partial charge in [-0.15, -0.1) is 0 Å². The van der Waals surface area contributed by atoms with E-state index in [4.69, 9.17) is 0 Å². The molecule has 0 bridgehead atoms. The first-order chi connectivity index (χ1) is 11.6. The maximum atomic E-state index is 12.6. The number of hydrogen-bond donors (Lipinski definition) is 1. The summed E-state index contributed by atoms with van der Waals surface area (Å²) in [6.07, 6.45) is 4.15. The van der Waals surface area contributed by atoms with Crippen LogP contribution in [0.4, 0.5) is 14.6 Å². The van der Waals surface area contributed by atoms with Gasteiger partial charge in [0.2, 0.25) is 6.43 Å². The second kappa shape index (κ2) is 5.85. The average molecular weight is 332 g/mol. The third kappa shape index (κ3) is 2.61. The fourth-order valence-electron chi connectivity index (χ4n) is 3.37. The fraction of sp³-hybridized carbons (Fsp3) is 0.438. The second-order valence-electron chi connectivity index (χ2n) is 6.13. The number of aromatic nitrogens is 5. The molecule has 1 N–H and O–H groups in total. The molecule has 3 aromatic rings. The Morgan fingerprint density at radius 3 is 3.12 bits per heavy atom. The first-order valence-electron chi connectivity index (χ1n) is 7.96. The number of fused-ring (bicyclic) bond motifs is 2. The Morgan fingerprint density at radius 1 is 1.42 bits per heavy atom. The molecule has 0 saturated heterocycles. The van der Waals surface area contributed by atoms with Crippen molar-refractivity contribution in [2.24, 2.45) is 0 Å². The Hall–Kier alpha value is -2.51. The molecule has 0 spiro atoms. The van der Waals surface area contributed by atoms with Gasteiger partial charge in [-0.25, -0.2) is 23.7 Å². The van der Waals surface area contributed by atoms with Crippen molar-refractivity contribution in [3.8, 4) is 0 Å². The second-order valence-corrected chi connectivity index (χ2v) is 6.13. The summed E-state index contributed by atoms with van der Waals surface area (Å²) in [6, 6.07) is 2.19. The summed E-state index contributed by atoms with van der Waals surface area (Å²) < 4.78 is 27.1. The van der Waals surface area contributed by atoms with E-state index >= 15 is 0 Å². The molecule has 6 nitrogen and oxygen atoms in total. The molecule has 0 radical (unpaired) electrons. The predicted octanol–water partition coefficient (Wildman–Crippen LogP) is 2.41. The largest absolute Gasteiger partial charge is 0.356 e. The van der Waals surface area contributed by atoms with Crippen molar-refractivity contribution in [2.75, 3.05) is 11.9 Å². The monoisotopic (exact) mass is 332 g/mol. The minimum atomic E-state index is -2.36. The summed E-state index contributed by atoms with van der Waals surface area (Å²) in [5, 5.41) is 0.979. The first kappa shape index (κ1) is 15.0. The standard InChI is InChI=1S/C16H18F2N6/c1-23(16-12-2-4-19-15(12)20-9-21-16)11-3-5-24-8-10(6-13(17)18)22-14(24)7-11/h2,4,8-9,11,13H,3,5-7H2,1H3,(H,19,20,21). The van der Waals surface area contributed by atoms with Crippen LogP contribution in [-0.2, 0) is 19.4 Å². The average Bonchev–Trinajstić information content (AvgIpc) is 3.18. The van der Waals surface area contributed by atoms with Crippen LogP contribution in [0.15, 0.2) is 24.8 Å². The fourth-order valence-corrected chi connectivity index (χ4v) is 3.37. The Balaban J connectivity index is 1.57. The minimum absolute atomic E-state index is 0.229. The maximum Gasteiger partial charge on any atom is 0.244 e. The van der Waals surface area contributed by atoms with Crippen LogP contribution in [0.3, 0.4) is 0 Å². The zero-order chi connectivity index (χ0) is 16.7. The molecule has 0 aromatic carbocycles. The third-order valence-corrected chi connectivity index (χ3v) is 4.61. The lowest BCUT2D eigenvalue weighted by Crippen LogP contribution is -2.38. The topological polar surface area (TPSA) is 62.6 Å². The molecular formula is C16H18F2N6. The Morgan fingerprint density at radius 2 is 2.29 bits per heavy atom. The van der Waals surface area contributed by atoms with Crippen LogP contribution in [0.2, 0.25) is 0 Å². The van der Waals surface area contributed by atoms with Crippen LogP contribution >= 0.6 is 0 Å². The molecule has 0 saturated carbocycles. The molecule has 0 amide bonds. The Kier molecular flexibility index (Phi) is 3.66. The highest BCUT2D eigenvalue weighted by atomic mass is 19.3. The number of rotatable bonds is 4. The summed E-state index contributed by atoms with van der Waals surface area (Å²) in [6.45, 7) is 0.780. The van der Waals surface area contributed by atoms with Gasteiger partial charge >= 0.3 is 0 Å². The van der Waals surface area contributed by atoms with E-state index in [1.54, 1.807) is 12.5 Å². The molecule has 24 heavy (non-hydrogen) atoms. The molecule has 1 unspecified atom stereocenters. The highest BCUT2D eigenvalue weighted by Gasteiger charge is 2.26. The van der Waals surface area contributed by atoms with Crippen LogP contribution in [0.1, 0.15) is 17.9 Å². The van der Waals surface area contributed by atoms with E-state index in [0.717, 1.165) is 42.1 Å². The zero-order valence-electron chi connectivity index (χ0n) is 13.3. The van der Waals surface area contributed by atoms with Gasteiger partial charge in [-0.1, -0.05) is 0 Å². The summed E-state index contributed by atoms with van der Waals surface area (Å²) >= 11 is 0. The van der Waals surface area contributed by atoms with Gasteiger partial charge in [0.25, 0.3) is 0 Å². The van der Waals surface area contributed by atoms with Crippen LogP contribution in [-0.4, -0.2) is 44.0 Å². The van der Waals surface area contributed by atoms with Crippen LogP contribution in [0, 0.1) is 0 Å². The molecule has 1 aliphatic rings. The SMILES string of the molecule is CN(c1ncnc2[nH]ccc12)C1CCn2cc(CC(F)F)nc2C1. The van der Waals surface area contributed by atoms with Gasteiger partial charge in [0.1, 0.15) is 23.6 Å². The molecule has 8 heteroatoms. The van der Waals surface area contributed by atoms with Gasteiger partial charge in [0.05, 0.1) is 17.5 Å². The van der Waals surface area contributed by atoms with Crippen molar-refractivity contribution < 1.29 is 8.78 Å². The van der Waals surface area contributed by atoms with Gasteiger partial charge in [-0.3, -0.25) is 0 Å². The number of aromatic amines is 1. The van der Waals surface area contributed by atoms with E-state index in [1.165, 1.54) is 0 Å².